The van der Waals surface area contributed by atoms with Gasteiger partial charge in [-0.15, -0.1) is 5.10 Å². The van der Waals surface area contributed by atoms with Crippen LogP contribution in [0.2, 0.25) is 0 Å². The molecule has 170 valence electrons. The fraction of sp³-hybridized carbons (Fsp3) is 0.238. The van der Waals surface area contributed by atoms with Gasteiger partial charge in [-0.05, 0) is 38.1 Å². The van der Waals surface area contributed by atoms with E-state index in [1.54, 1.807) is 44.5 Å². The lowest BCUT2D eigenvalue weighted by Gasteiger charge is -2.10. The molecular weight excluding hydrogens is 426 g/mol. The van der Waals surface area contributed by atoms with Gasteiger partial charge in [0.1, 0.15) is 12.3 Å². The number of hydrogen-bond acceptors (Lipinski definition) is 8. The molecule has 12 nitrogen and oxygen atoms in total. The Morgan fingerprint density at radius 3 is 2.52 bits per heavy atom. The number of rotatable bonds is 7. The standard InChI is InChI=1S/C21H23N9O3/c1-12-17(13(2)30-21(24-12)27-20(22)28-30)8-18(31)26-15-9-23-29(10-15)11-19(32)25-14-4-6-16(33-3)7-5-14/h4-7,9-10H,8,11H2,1-3H3,(H2,22,28)(H,25,32)(H,26,31). The number of benzene rings is 1. The number of fused-ring (bicyclic) bond motifs is 1. The van der Waals surface area contributed by atoms with E-state index in [1.165, 1.54) is 15.4 Å². The van der Waals surface area contributed by atoms with Gasteiger partial charge in [0, 0.05) is 28.8 Å². The number of hydrogen-bond donors (Lipinski definition) is 3. The Labute approximate surface area is 188 Å². The van der Waals surface area contributed by atoms with Crippen LogP contribution >= 0.6 is 0 Å². The van der Waals surface area contributed by atoms with Crippen molar-refractivity contribution < 1.29 is 14.3 Å². The van der Waals surface area contributed by atoms with Crippen molar-refractivity contribution in [2.24, 2.45) is 0 Å². The third-order valence-electron chi connectivity index (χ3n) is 5.00. The smallest absolute Gasteiger partial charge is 0.254 e. The number of aryl methyl sites for hydroxylation is 2. The van der Waals surface area contributed by atoms with E-state index < -0.39 is 0 Å². The minimum Gasteiger partial charge on any atom is -0.497 e. The van der Waals surface area contributed by atoms with Gasteiger partial charge in [0.2, 0.25) is 17.8 Å². The first-order chi connectivity index (χ1) is 15.8. The van der Waals surface area contributed by atoms with Crippen LogP contribution in [0.3, 0.4) is 0 Å². The predicted molar refractivity (Wildman–Crippen MR) is 121 cm³/mol. The third kappa shape index (κ3) is 4.89. The van der Waals surface area contributed by atoms with E-state index in [9.17, 15) is 9.59 Å². The Bertz CT molecular complexity index is 1330. The lowest BCUT2D eigenvalue weighted by molar-refractivity contribution is -0.117. The molecule has 0 atom stereocenters. The fourth-order valence-electron chi connectivity index (χ4n) is 3.38. The fourth-order valence-corrected chi connectivity index (χ4v) is 3.38. The molecule has 0 radical (unpaired) electrons. The summed E-state index contributed by atoms with van der Waals surface area (Å²) in [5, 5.41) is 13.8. The summed E-state index contributed by atoms with van der Waals surface area (Å²) in [6, 6.07) is 7.00. The van der Waals surface area contributed by atoms with Crippen molar-refractivity contribution in [2.75, 3.05) is 23.5 Å². The maximum absolute atomic E-state index is 12.6. The predicted octanol–water partition coefficient (Wildman–Crippen LogP) is 1.35. The van der Waals surface area contributed by atoms with Gasteiger partial charge in [-0.3, -0.25) is 14.3 Å². The maximum atomic E-state index is 12.6. The zero-order valence-electron chi connectivity index (χ0n) is 18.4. The summed E-state index contributed by atoms with van der Waals surface area (Å²) in [5.74, 6) is 0.708. The number of nitrogens with one attached hydrogen (secondary N) is 2. The number of nitrogens with zero attached hydrogens (tertiary/aromatic N) is 6. The van der Waals surface area contributed by atoms with Crippen LogP contribution < -0.4 is 21.1 Å². The Morgan fingerprint density at radius 2 is 1.79 bits per heavy atom. The van der Waals surface area contributed by atoms with Crippen molar-refractivity contribution >= 4 is 34.9 Å². The average molecular weight is 449 g/mol. The number of nitrogen functional groups attached to an aromatic ring is 1. The highest BCUT2D eigenvalue weighted by molar-refractivity contribution is 5.93. The summed E-state index contributed by atoms with van der Waals surface area (Å²) in [4.78, 5) is 33.3. The molecule has 0 aliphatic heterocycles. The van der Waals surface area contributed by atoms with Crippen LogP contribution in [-0.4, -0.2) is 48.3 Å². The molecule has 3 heterocycles. The first-order valence-electron chi connectivity index (χ1n) is 10.1. The second kappa shape index (κ2) is 8.94. The molecule has 2 amide bonds. The summed E-state index contributed by atoms with van der Waals surface area (Å²) < 4.78 is 8.06. The molecule has 0 saturated heterocycles. The molecule has 0 aliphatic carbocycles. The molecular formula is C21H23N9O3. The highest BCUT2D eigenvalue weighted by atomic mass is 16.5. The second-order valence-electron chi connectivity index (χ2n) is 7.37. The minimum atomic E-state index is -0.252. The van der Waals surface area contributed by atoms with E-state index in [4.69, 9.17) is 10.5 Å². The van der Waals surface area contributed by atoms with Crippen molar-refractivity contribution in [3.8, 4) is 5.75 Å². The van der Waals surface area contributed by atoms with Crippen molar-refractivity contribution in [1.29, 1.82) is 0 Å². The van der Waals surface area contributed by atoms with E-state index >= 15 is 0 Å². The molecule has 0 bridgehead atoms. The lowest BCUT2D eigenvalue weighted by Crippen LogP contribution is -2.19. The molecule has 4 N–H and O–H groups in total. The molecule has 1 aromatic carbocycles. The normalized spacial score (nSPS) is 10.9. The minimum absolute atomic E-state index is 0.00553. The molecule has 3 aromatic heterocycles. The number of methoxy groups -OCH3 is 1. The number of carbonyl (C=O) groups excluding carboxylic acids is 2. The molecule has 4 aromatic rings. The van der Waals surface area contributed by atoms with Gasteiger partial charge in [0.15, 0.2) is 0 Å². The number of nitrogens with two attached hydrogens (primary N) is 1. The van der Waals surface area contributed by atoms with Crippen LogP contribution in [0.5, 0.6) is 5.75 Å². The SMILES string of the molecule is COc1ccc(NC(=O)Cn2cc(NC(=O)Cc3c(C)nc4nc(N)nn4c3C)cn2)cc1. The summed E-state index contributed by atoms with van der Waals surface area (Å²) in [6.45, 7) is 3.63. The monoisotopic (exact) mass is 449 g/mol. The number of ether oxygens (including phenoxy) is 1. The molecule has 4 rings (SSSR count). The molecule has 0 spiro atoms. The topological polar surface area (TPSA) is 154 Å². The highest BCUT2D eigenvalue weighted by Crippen LogP contribution is 2.17. The van der Waals surface area contributed by atoms with E-state index in [0.717, 1.165) is 11.3 Å². The van der Waals surface area contributed by atoms with E-state index in [0.29, 0.717) is 28.6 Å². The zero-order chi connectivity index (χ0) is 23.5. The summed E-state index contributed by atoms with van der Waals surface area (Å²) in [6.07, 6.45) is 3.16. The van der Waals surface area contributed by atoms with Gasteiger partial charge in [0.25, 0.3) is 5.78 Å². The zero-order valence-corrected chi connectivity index (χ0v) is 18.4. The molecule has 33 heavy (non-hydrogen) atoms. The largest absolute Gasteiger partial charge is 0.497 e. The van der Waals surface area contributed by atoms with Crippen LogP contribution in [0, 0.1) is 13.8 Å². The molecule has 0 unspecified atom stereocenters. The summed E-state index contributed by atoms with van der Waals surface area (Å²) >= 11 is 0. The first kappa shape index (κ1) is 21.7. The van der Waals surface area contributed by atoms with Gasteiger partial charge >= 0.3 is 0 Å². The Morgan fingerprint density at radius 1 is 1.06 bits per heavy atom. The number of anilines is 3. The maximum Gasteiger partial charge on any atom is 0.254 e. The highest BCUT2D eigenvalue weighted by Gasteiger charge is 2.16. The average Bonchev–Trinajstić information content (AvgIpc) is 3.37. The van der Waals surface area contributed by atoms with Crippen molar-refractivity contribution in [3.05, 3.63) is 53.6 Å². The molecule has 0 fully saturated rings. The van der Waals surface area contributed by atoms with E-state index in [-0.39, 0.29) is 30.7 Å². The van der Waals surface area contributed by atoms with Gasteiger partial charge in [-0.25, -0.2) is 4.98 Å². The van der Waals surface area contributed by atoms with Crippen LogP contribution in [0.25, 0.3) is 5.78 Å². The van der Waals surface area contributed by atoms with E-state index in [1.807, 2.05) is 6.92 Å². The number of aromatic nitrogens is 6. The van der Waals surface area contributed by atoms with Crippen LogP contribution in [0.1, 0.15) is 17.0 Å². The van der Waals surface area contributed by atoms with Gasteiger partial charge in [-0.1, -0.05) is 0 Å². The Balaban J connectivity index is 1.36. The first-order valence-corrected chi connectivity index (χ1v) is 10.1. The summed E-state index contributed by atoms with van der Waals surface area (Å²) in [7, 11) is 1.58. The van der Waals surface area contributed by atoms with Crippen LogP contribution in [-0.2, 0) is 22.6 Å². The van der Waals surface area contributed by atoms with E-state index in [2.05, 4.69) is 30.8 Å². The Kier molecular flexibility index (Phi) is 5.89. The van der Waals surface area contributed by atoms with Crippen molar-refractivity contribution in [3.63, 3.8) is 0 Å². The van der Waals surface area contributed by atoms with Crippen molar-refractivity contribution in [2.45, 2.75) is 26.8 Å². The van der Waals surface area contributed by atoms with Gasteiger partial charge < -0.3 is 21.1 Å². The van der Waals surface area contributed by atoms with Gasteiger partial charge in [-0.2, -0.15) is 14.6 Å². The second-order valence-corrected chi connectivity index (χ2v) is 7.37. The molecule has 0 saturated carbocycles. The lowest BCUT2D eigenvalue weighted by atomic mass is 10.1. The van der Waals surface area contributed by atoms with Crippen LogP contribution in [0.15, 0.2) is 36.7 Å². The molecule has 12 heteroatoms. The van der Waals surface area contributed by atoms with Gasteiger partial charge in [0.05, 0.1) is 25.4 Å². The van der Waals surface area contributed by atoms with Crippen LogP contribution in [0.4, 0.5) is 17.3 Å². The van der Waals surface area contributed by atoms with Crippen molar-refractivity contribution in [1.82, 2.24) is 29.4 Å². The third-order valence-corrected chi connectivity index (χ3v) is 5.00. The quantitative estimate of drug-likeness (QED) is 0.382. The molecule has 0 aliphatic rings. The Hall–Kier alpha value is -4.48. The number of amides is 2. The number of carbonyl (C=O) groups is 2. The summed E-state index contributed by atoms with van der Waals surface area (Å²) in [5.41, 5.74) is 8.92.